The van der Waals surface area contributed by atoms with Crippen LogP contribution in [0.2, 0.25) is 0 Å². The number of hydrogen-bond acceptors (Lipinski definition) is 3. The van der Waals surface area contributed by atoms with Crippen LogP contribution >= 0.6 is 0 Å². The van der Waals surface area contributed by atoms with Gasteiger partial charge in [0, 0.05) is 13.2 Å². The molecule has 0 aromatic heterocycles. The van der Waals surface area contributed by atoms with E-state index >= 15 is 0 Å². The first-order chi connectivity index (χ1) is 6.38. The van der Waals surface area contributed by atoms with Gasteiger partial charge in [-0.15, -0.1) is 0 Å². The van der Waals surface area contributed by atoms with Gasteiger partial charge in [0.15, 0.2) is 0 Å². The molecule has 2 aliphatic carbocycles. The molecule has 76 valence electrons. The summed E-state index contributed by atoms with van der Waals surface area (Å²) in [5, 5.41) is 0. The highest BCUT2D eigenvalue weighted by molar-refractivity contribution is 5.04. The molecule has 2 saturated carbocycles. The Bertz CT molecular complexity index is 162. The van der Waals surface area contributed by atoms with Gasteiger partial charge in [-0.05, 0) is 30.6 Å². The molecule has 0 radical (unpaired) electrons. The van der Waals surface area contributed by atoms with Gasteiger partial charge >= 0.3 is 0 Å². The Balaban J connectivity index is 1.86. The molecule has 2 aliphatic rings. The first-order valence-electron chi connectivity index (χ1n) is 5.33. The molecule has 0 bridgehead atoms. The third kappa shape index (κ3) is 1.73. The maximum Gasteiger partial charge on any atom is 0.0632 e. The zero-order chi connectivity index (χ0) is 9.26. The molecule has 0 spiro atoms. The monoisotopic (exact) mass is 184 g/mol. The number of rotatable bonds is 4. The van der Waals surface area contributed by atoms with Crippen LogP contribution in [0.25, 0.3) is 0 Å². The highest BCUT2D eigenvalue weighted by Gasteiger charge is 2.53. The number of ether oxygens (including phenoxy) is 1. The molecule has 0 aliphatic heterocycles. The molecule has 0 aromatic rings. The van der Waals surface area contributed by atoms with E-state index in [1.807, 2.05) is 0 Å². The van der Waals surface area contributed by atoms with E-state index in [1.165, 1.54) is 25.7 Å². The van der Waals surface area contributed by atoms with E-state index in [2.05, 4.69) is 5.43 Å². The standard InChI is InChI=1S/C10H20N2O/c1-13-6-9(12-11)10-7-4-2-3-5-8(7)10/h7-10,12H,2-6,11H2,1H3. The lowest BCUT2D eigenvalue weighted by Gasteiger charge is -2.14. The fraction of sp³-hybridized carbons (Fsp3) is 1.00. The van der Waals surface area contributed by atoms with Gasteiger partial charge in [-0.25, -0.2) is 0 Å². The maximum atomic E-state index is 5.52. The summed E-state index contributed by atoms with van der Waals surface area (Å²) in [5.41, 5.74) is 2.90. The number of methoxy groups -OCH3 is 1. The third-order valence-electron chi connectivity index (χ3n) is 3.75. The third-order valence-corrected chi connectivity index (χ3v) is 3.75. The second-order valence-electron chi connectivity index (χ2n) is 4.42. The number of hydrazine groups is 1. The SMILES string of the molecule is COCC(NN)C1C2CCCCC21. The Morgan fingerprint density at radius 2 is 2.00 bits per heavy atom. The molecule has 3 N–H and O–H groups in total. The number of nitrogens with two attached hydrogens (primary N) is 1. The summed E-state index contributed by atoms with van der Waals surface area (Å²) in [4.78, 5) is 0. The van der Waals surface area contributed by atoms with Gasteiger partial charge in [-0.1, -0.05) is 12.8 Å². The molecule has 0 amide bonds. The van der Waals surface area contributed by atoms with E-state index in [9.17, 15) is 0 Å². The van der Waals surface area contributed by atoms with Crippen molar-refractivity contribution in [3.63, 3.8) is 0 Å². The van der Waals surface area contributed by atoms with Crippen LogP contribution in [0.15, 0.2) is 0 Å². The van der Waals surface area contributed by atoms with E-state index in [4.69, 9.17) is 10.6 Å². The zero-order valence-electron chi connectivity index (χ0n) is 8.33. The molecule has 0 aromatic carbocycles. The molecule has 0 saturated heterocycles. The number of fused-ring (bicyclic) bond motifs is 1. The summed E-state index contributed by atoms with van der Waals surface area (Å²) < 4.78 is 5.16. The second kappa shape index (κ2) is 3.95. The molecule has 3 unspecified atom stereocenters. The lowest BCUT2D eigenvalue weighted by Crippen LogP contribution is -2.41. The van der Waals surface area contributed by atoms with E-state index in [1.54, 1.807) is 7.11 Å². The van der Waals surface area contributed by atoms with Crippen molar-refractivity contribution in [1.82, 2.24) is 5.43 Å². The number of hydrogen-bond donors (Lipinski definition) is 2. The van der Waals surface area contributed by atoms with E-state index < -0.39 is 0 Å². The number of nitrogens with one attached hydrogen (secondary N) is 1. The molecular formula is C10H20N2O. The topological polar surface area (TPSA) is 47.3 Å². The minimum Gasteiger partial charge on any atom is -0.383 e. The van der Waals surface area contributed by atoms with Crippen LogP contribution in [0.4, 0.5) is 0 Å². The summed E-state index contributed by atoms with van der Waals surface area (Å²) in [6, 6.07) is 0.387. The average Bonchev–Trinajstić information content (AvgIpc) is 2.88. The molecule has 0 heterocycles. The molecule has 3 nitrogen and oxygen atoms in total. The van der Waals surface area contributed by atoms with Crippen molar-refractivity contribution in [2.75, 3.05) is 13.7 Å². The van der Waals surface area contributed by atoms with Crippen molar-refractivity contribution < 1.29 is 4.74 Å². The highest BCUT2D eigenvalue weighted by Crippen LogP contribution is 2.56. The van der Waals surface area contributed by atoms with Gasteiger partial charge < -0.3 is 4.74 Å². The smallest absolute Gasteiger partial charge is 0.0632 e. The van der Waals surface area contributed by atoms with Gasteiger partial charge in [-0.3, -0.25) is 11.3 Å². The molecule has 3 heteroatoms. The predicted octanol–water partition coefficient (Wildman–Crippen LogP) is 0.901. The fourth-order valence-corrected chi connectivity index (χ4v) is 3.09. The second-order valence-corrected chi connectivity index (χ2v) is 4.42. The van der Waals surface area contributed by atoms with Crippen molar-refractivity contribution >= 4 is 0 Å². The summed E-state index contributed by atoms with van der Waals surface area (Å²) in [7, 11) is 1.75. The van der Waals surface area contributed by atoms with Crippen molar-refractivity contribution in [3.8, 4) is 0 Å². The molecular weight excluding hydrogens is 164 g/mol. The van der Waals surface area contributed by atoms with Crippen molar-refractivity contribution in [2.24, 2.45) is 23.6 Å². The van der Waals surface area contributed by atoms with Crippen LogP contribution < -0.4 is 11.3 Å². The maximum absolute atomic E-state index is 5.52. The molecule has 13 heavy (non-hydrogen) atoms. The van der Waals surface area contributed by atoms with Gasteiger partial charge in [0.1, 0.15) is 0 Å². The Kier molecular flexibility index (Phi) is 2.86. The first kappa shape index (κ1) is 9.44. The summed E-state index contributed by atoms with van der Waals surface area (Å²) in [6.45, 7) is 0.758. The lowest BCUT2D eigenvalue weighted by molar-refractivity contribution is 0.153. The van der Waals surface area contributed by atoms with Crippen molar-refractivity contribution in [1.29, 1.82) is 0 Å². The molecule has 3 atom stereocenters. The van der Waals surface area contributed by atoms with Crippen LogP contribution in [0.1, 0.15) is 25.7 Å². The van der Waals surface area contributed by atoms with E-state index in [-0.39, 0.29) is 0 Å². The fourth-order valence-electron chi connectivity index (χ4n) is 3.09. The normalized spacial score (nSPS) is 39.7. The van der Waals surface area contributed by atoms with E-state index in [0.717, 1.165) is 24.4 Å². The Morgan fingerprint density at radius 3 is 2.46 bits per heavy atom. The Morgan fingerprint density at radius 1 is 1.38 bits per heavy atom. The quantitative estimate of drug-likeness (QED) is 0.504. The summed E-state index contributed by atoms with van der Waals surface area (Å²) >= 11 is 0. The predicted molar refractivity (Wildman–Crippen MR) is 51.9 cm³/mol. The van der Waals surface area contributed by atoms with Gasteiger partial charge in [0.2, 0.25) is 0 Å². The van der Waals surface area contributed by atoms with Crippen molar-refractivity contribution in [2.45, 2.75) is 31.7 Å². The van der Waals surface area contributed by atoms with E-state index in [0.29, 0.717) is 6.04 Å². The van der Waals surface area contributed by atoms with Gasteiger partial charge in [0.05, 0.1) is 6.61 Å². The van der Waals surface area contributed by atoms with Crippen molar-refractivity contribution in [3.05, 3.63) is 0 Å². The zero-order valence-corrected chi connectivity index (χ0v) is 8.33. The van der Waals surface area contributed by atoms with Crippen LogP contribution in [-0.4, -0.2) is 19.8 Å². The highest BCUT2D eigenvalue weighted by atomic mass is 16.5. The van der Waals surface area contributed by atoms with Gasteiger partial charge in [-0.2, -0.15) is 0 Å². The van der Waals surface area contributed by atoms with Crippen LogP contribution in [0.5, 0.6) is 0 Å². The minimum atomic E-state index is 0.387. The average molecular weight is 184 g/mol. The Hall–Kier alpha value is -0.120. The van der Waals surface area contributed by atoms with Gasteiger partial charge in [0.25, 0.3) is 0 Å². The molecule has 2 fully saturated rings. The summed E-state index contributed by atoms with van der Waals surface area (Å²) in [6.07, 6.45) is 5.67. The lowest BCUT2D eigenvalue weighted by atomic mass is 10.0. The molecule has 2 rings (SSSR count). The van der Waals surface area contributed by atoms with Crippen LogP contribution in [0.3, 0.4) is 0 Å². The largest absolute Gasteiger partial charge is 0.383 e. The summed E-state index contributed by atoms with van der Waals surface area (Å²) in [5.74, 6) is 8.22. The first-order valence-corrected chi connectivity index (χ1v) is 5.33. The van der Waals surface area contributed by atoms with Crippen LogP contribution in [0, 0.1) is 17.8 Å². The Labute approximate surface area is 80.0 Å². The van der Waals surface area contributed by atoms with Crippen LogP contribution in [-0.2, 0) is 4.74 Å². The minimum absolute atomic E-state index is 0.387.